The van der Waals surface area contributed by atoms with E-state index in [-0.39, 0.29) is 5.78 Å². The Morgan fingerprint density at radius 2 is 1.84 bits per heavy atom. The number of fused-ring (bicyclic) bond motifs is 1. The summed E-state index contributed by atoms with van der Waals surface area (Å²) < 4.78 is 18.5. The van der Waals surface area contributed by atoms with Gasteiger partial charge in [0, 0.05) is 17.0 Å². The van der Waals surface area contributed by atoms with Crippen molar-refractivity contribution in [3.05, 3.63) is 54.2 Å². The van der Waals surface area contributed by atoms with Crippen molar-refractivity contribution in [1.29, 1.82) is 0 Å². The van der Waals surface area contributed by atoms with Crippen molar-refractivity contribution in [1.82, 2.24) is 4.57 Å². The van der Waals surface area contributed by atoms with Crippen molar-refractivity contribution < 1.29 is 39.4 Å². The number of carbonyl (C=O) groups excluding carboxylic acids is 1. The van der Waals surface area contributed by atoms with E-state index in [1.54, 1.807) is 35.0 Å². The lowest BCUT2D eigenvalue weighted by Crippen LogP contribution is -2.60. The average molecular weight is 443 g/mol. The zero-order chi connectivity index (χ0) is 23.0. The highest BCUT2D eigenvalue weighted by atomic mass is 16.7. The summed E-state index contributed by atoms with van der Waals surface area (Å²) in [7, 11) is 1.54. The first kappa shape index (κ1) is 22.3. The number of aliphatic hydroxyl groups is 4. The Morgan fingerprint density at radius 3 is 2.53 bits per heavy atom. The number of benzene rings is 2. The number of carbonyl (C=O) groups is 1. The van der Waals surface area contributed by atoms with Crippen LogP contribution in [0.1, 0.15) is 17.3 Å². The lowest BCUT2D eigenvalue weighted by molar-refractivity contribution is -0.277. The lowest BCUT2D eigenvalue weighted by atomic mass is 9.99. The summed E-state index contributed by atoms with van der Waals surface area (Å²) in [6.45, 7) is 0.917. The topological polar surface area (TPSA) is 131 Å². The Morgan fingerprint density at radius 1 is 1.09 bits per heavy atom. The van der Waals surface area contributed by atoms with Gasteiger partial charge in [0.1, 0.15) is 35.9 Å². The van der Waals surface area contributed by atoms with E-state index in [0.717, 1.165) is 5.52 Å². The molecule has 32 heavy (non-hydrogen) atoms. The molecule has 9 heteroatoms. The van der Waals surface area contributed by atoms with E-state index in [0.29, 0.717) is 28.1 Å². The predicted octanol–water partition coefficient (Wildman–Crippen LogP) is 1.02. The van der Waals surface area contributed by atoms with Crippen LogP contribution in [0, 0.1) is 0 Å². The van der Waals surface area contributed by atoms with Crippen molar-refractivity contribution >= 4 is 16.7 Å². The molecule has 1 saturated heterocycles. The number of methoxy groups -OCH3 is 1. The number of aliphatic hydroxyl groups excluding tert-OH is 4. The molecule has 1 aliphatic heterocycles. The number of ketones is 1. The standard InChI is InChI=1S/C23H25NO8/c1-12(26)14-8-7-13(30-2)9-17(14)24-10-18(15-5-3-4-6-16(15)24)31-23-22(29)21(28)20(27)19(11-25)32-23/h3-10,19-23,25,27-29H,11H2,1-2H3/t19-,20+,21+,22-,23-/m1/s1. The number of aromatic nitrogens is 1. The van der Waals surface area contributed by atoms with E-state index in [1.807, 2.05) is 18.2 Å². The van der Waals surface area contributed by atoms with Crippen LogP contribution in [0.4, 0.5) is 0 Å². The van der Waals surface area contributed by atoms with Gasteiger partial charge in [0.05, 0.1) is 31.1 Å². The van der Waals surface area contributed by atoms with Crippen molar-refractivity contribution in [3.8, 4) is 17.2 Å². The second-order valence-electron chi connectivity index (χ2n) is 7.63. The quantitative estimate of drug-likeness (QED) is 0.416. The minimum absolute atomic E-state index is 0.128. The maximum absolute atomic E-state index is 12.3. The molecule has 2 aromatic carbocycles. The van der Waals surface area contributed by atoms with E-state index in [2.05, 4.69) is 0 Å². The molecule has 0 unspecified atom stereocenters. The molecule has 1 fully saturated rings. The maximum atomic E-state index is 12.3. The van der Waals surface area contributed by atoms with Crippen LogP contribution in [-0.2, 0) is 4.74 Å². The minimum Gasteiger partial charge on any atom is -0.497 e. The molecule has 2 heterocycles. The number of Topliss-reactive ketones (excluding diaryl/α,β-unsaturated/α-hetero) is 1. The summed E-state index contributed by atoms with van der Waals surface area (Å²) >= 11 is 0. The van der Waals surface area contributed by atoms with Crippen LogP contribution in [0.5, 0.6) is 11.5 Å². The van der Waals surface area contributed by atoms with Gasteiger partial charge in [-0.05, 0) is 31.2 Å². The van der Waals surface area contributed by atoms with E-state index in [1.165, 1.54) is 14.0 Å². The Balaban J connectivity index is 1.79. The second-order valence-corrected chi connectivity index (χ2v) is 7.63. The third-order valence-electron chi connectivity index (χ3n) is 5.61. The largest absolute Gasteiger partial charge is 0.497 e. The molecular weight excluding hydrogens is 418 g/mol. The Bertz CT molecular complexity index is 1120. The summed E-state index contributed by atoms with van der Waals surface area (Å²) in [5.74, 6) is 0.762. The smallest absolute Gasteiger partial charge is 0.229 e. The molecule has 1 aromatic heterocycles. The third kappa shape index (κ3) is 3.85. The molecule has 4 rings (SSSR count). The molecule has 0 radical (unpaired) electrons. The molecule has 4 N–H and O–H groups in total. The molecule has 0 amide bonds. The van der Waals surface area contributed by atoms with Crippen molar-refractivity contribution in [2.24, 2.45) is 0 Å². The van der Waals surface area contributed by atoms with Gasteiger partial charge >= 0.3 is 0 Å². The molecule has 5 atom stereocenters. The van der Waals surface area contributed by atoms with Gasteiger partial charge in [-0.3, -0.25) is 4.79 Å². The first-order valence-corrected chi connectivity index (χ1v) is 10.1. The van der Waals surface area contributed by atoms with Gasteiger partial charge in [-0.2, -0.15) is 0 Å². The number of ether oxygens (including phenoxy) is 3. The third-order valence-corrected chi connectivity index (χ3v) is 5.61. The van der Waals surface area contributed by atoms with Crippen molar-refractivity contribution in [2.75, 3.05) is 13.7 Å². The maximum Gasteiger partial charge on any atom is 0.229 e. The molecule has 3 aromatic rings. The van der Waals surface area contributed by atoms with Crippen molar-refractivity contribution in [2.45, 2.75) is 37.6 Å². The summed E-state index contributed by atoms with van der Waals surface area (Å²) in [6, 6.07) is 12.4. The van der Waals surface area contributed by atoms with Crippen LogP contribution in [-0.4, -0.2) is 75.2 Å². The molecule has 0 saturated carbocycles. The fraction of sp³-hybridized carbons (Fsp3) is 0.348. The van der Waals surface area contributed by atoms with Gasteiger partial charge < -0.3 is 39.2 Å². The zero-order valence-corrected chi connectivity index (χ0v) is 17.6. The molecule has 9 nitrogen and oxygen atoms in total. The Hall–Kier alpha value is -2.95. The first-order chi connectivity index (χ1) is 15.3. The highest BCUT2D eigenvalue weighted by Crippen LogP contribution is 2.35. The fourth-order valence-corrected chi connectivity index (χ4v) is 3.87. The van der Waals surface area contributed by atoms with Gasteiger partial charge in [0.2, 0.25) is 6.29 Å². The average Bonchev–Trinajstić information content (AvgIpc) is 3.17. The zero-order valence-electron chi connectivity index (χ0n) is 17.6. The van der Waals surface area contributed by atoms with E-state index < -0.39 is 37.3 Å². The molecule has 0 bridgehead atoms. The minimum atomic E-state index is -1.55. The van der Waals surface area contributed by atoms with Crippen LogP contribution in [0.2, 0.25) is 0 Å². The second kappa shape index (κ2) is 8.89. The van der Waals surface area contributed by atoms with Crippen molar-refractivity contribution in [3.63, 3.8) is 0 Å². The number of hydrogen-bond acceptors (Lipinski definition) is 8. The fourth-order valence-electron chi connectivity index (χ4n) is 3.87. The molecule has 170 valence electrons. The van der Waals surface area contributed by atoms with Crippen LogP contribution < -0.4 is 9.47 Å². The Labute approximate surface area is 184 Å². The molecule has 0 spiro atoms. The van der Waals surface area contributed by atoms with Crippen LogP contribution >= 0.6 is 0 Å². The Kier molecular flexibility index (Phi) is 6.18. The lowest BCUT2D eigenvalue weighted by Gasteiger charge is -2.39. The predicted molar refractivity (Wildman–Crippen MR) is 114 cm³/mol. The normalized spacial score (nSPS) is 25.6. The van der Waals surface area contributed by atoms with Crippen LogP contribution in [0.25, 0.3) is 16.6 Å². The summed E-state index contributed by atoms with van der Waals surface area (Å²) in [4.78, 5) is 12.3. The summed E-state index contributed by atoms with van der Waals surface area (Å²) in [6.07, 6.45) is -5.35. The highest BCUT2D eigenvalue weighted by molar-refractivity contribution is 5.99. The van der Waals surface area contributed by atoms with E-state index in [9.17, 15) is 25.2 Å². The number of hydrogen-bond donors (Lipinski definition) is 4. The van der Waals surface area contributed by atoms with Crippen LogP contribution in [0.3, 0.4) is 0 Å². The van der Waals surface area contributed by atoms with Gasteiger partial charge in [-0.15, -0.1) is 0 Å². The van der Waals surface area contributed by atoms with Gasteiger partial charge in [0.25, 0.3) is 0 Å². The SMILES string of the molecule is COc1ccc(C(C)=O)c(-n2cc(O[C@@H]3O[C@H](CO)[C@H](O)[C@H](O)[C@H]3O)c3ccccc32)c1. The first-order valence-electron chi connectivity index (χ1n) is 10.1. The molecular formula is C23H25NO8. The number of para-hydroxylation sites is 1. The summed E-state index contributed by atoms with van der Waals surface area (Å²) in [5, 5.41) is 40.5. The van der Waals surface area contributed by atoms with E-state index in [4.69, 9.17) is 14.2 Å². The van der Waals surface area contributed by atoms with Gasteiger partial charge in [-0.25, -0.2) is 0 Å². The summed E-state index contributed by atoms with van der Waals surface area (Å²) in [5.41, 5.74) is 1.78. The number of rotatable bonds is 6. The van der Waals surface area contributed by atoms with Gasteiger partial charge in [-0.1, -0.05) is 12.1 Å². The highest BCUT2D eigenvalue weighted by Gasteiger charge is 2.45. The van der Waals surface area contributed by atoms with Crippen LogP contribution in [0.15, 0.2) is 48.7 Å². The molecule has 1 aliphatic rings. The molecule has 0 aliphatic carbocycles. The monoisotopic (exact) mass is 443 g/mol. The van der Waals surface area contributed by atoms with Gasteiger partial charge in [0.15, 0.2) is 5.78 Å². The van der Waals surface area contributed by atoms with E-state index >= 15 is 0 Å². The number of nitrogens with zero attached hydrogens (tertiary/aromatic N) is 1.